The van der Waals surface area contributed by atoms with Gasteiger partial charge in [-0.1, -0.05) is 42.5 Å². The molecule has 1 saturated heterocycles. The van der Waals surface area contributed by atoms with Gasteiger partial charge >= 0.3 is 0 Å². The first-order valence-corrected chi connectivity index (χ1v) is 10.0. The highest BCUT2D eigenvalue weighted by molar-refractivity contribution is 5.78. The maximum Gasteiger partial charge on any atom is 0.234 e. The zero-order valence-corrected chi connectivity index (χ0v) is 16.3. The molecule has 1 aliphatic heterocycles. The third-order valence-electron chi connectivity index (χ3n) is 5.19. The van der Waals surface area contributed by atoms with E-state index in [0.29, 0.717) is 32.2 Å². The molecule has 1 N–H and O–H groups in total. The number of ether oxygens (including phenoxy) is 1. The number of halogens is 1. The monoisotopic (exact) mass is 384 g/mol. The summed E-state index contributed by atoms with van der Waals surface area (Å²) < 4.78 is 18.7. The predicted octanol–water partition coefficient (Wildman–Crippen LogP) is 3.41. The van der Waals surface area contributed by atoms with Crippen molar-refractivity contribution >= 4 is 5.91 Å². The van der Waals surface area contributed by atoms with Crippen molar-refractivity contribution in [3.8, 4) is 0 Å². The minimum absolute atomic E-state index is 0.0990. The van der Waals surface area contributed by atoms with Gasteiger partial charge in [0.2, 0.25) is 5.91 Å². The molecule has 1 aliphatic rings. The van der Waals surface area contributed by atoms with Gasteiger partial charge < -0.3 is 10.1 Å². The number of hydrogen-bond donors (Lipinski definition) is 1. The summed E-state index contributed by atoms with van der Waals surface area (Å²) in [4.78, 5) is 14.3. The van der Waals surface area contributed by atoms with Gasteiger partial charge in [0, 0.05) is 13.2 Å². The van der Waals surface area contributed by atoms with Crippen molar-refractivity contribution in [1.82, 2.24) is 10.2 Å². The lowest BCUT2D eigenvalue weighted by atomic mass is 9.98. The molecular formula is C23H29FN2O2. The van der Waals surface area contributed by atoms with Crippen LogP contribution in [0.15, 0.2) is 54.6 Å². The van der Waals surface area contributed by atoms with Crippen LogP contribution in [0.3, 0.4) is 0 Å². The topological polar surface area (TPSA) is 41.6 Å². The van der Waals surface area contributed by atoms with E-state index in [1.165, 1.54) is 17.7 Å². The van der Waals surface area contributed by atoms with Gasteiger partial charge in [0.1, 0.15) is 5.82 Å². The molecule has 0 unspecified atom stereocenters. The summed E-state index contributed by atoms with van der Waals surface area (Å²) >= 11 is 0. The zero-order valence-electron chi connectivity index (χ0n) is 16.3. The summed E-state index contributed by atoms with van der Waals surface area (Å²) in [5, 5.41) is 3.01. The molecule has 1 amide bonds. The second-order valence-corrected chi connectivity index (χ2v) is 7.45. The van der Waals surface area contributed by atoms with Crippen molar-refractivity contribution in [3.05, 3.63) is 71.5 Å². The molecule has 2 aromatic rings. The van der Waals surface area contributed by atoms with E-state index in [1.807, 2.05) is 18.2 Å². The Kier molecular flexibility index (Phi) is 8.00. The summed E-state index contributed by atoms with van der Waals surface area (Å²) in [5.74, 6) is 0.403. The van der Waals surface area contributed by atoms with E-state index in [2.05, 4.69) is 22.3 Å². The largest absolute Gasteiger partial charge is 0.376 e. The van der Waals surface area contributed by atoms with Gasteiger partial charge in [-0.25, -0.2) is 4.39 Å². The average molecular weight is 384 g/mol. The van der Waals surface area contributed by atoms with Crippen molar-refractivity contribution in [2.75, 3.05) is 32.8 Å². The number of nitrogens with one attached hydrogen (secondary N) is 1. The highest BCUT2D eigenvalue weighted by Gasteiger charge is 2.20. The van der Waals surface area contributed by atoms with E-state index in [0.717, 1.165) is 37.9 Å². The molecule has 4 nitrogen and oxygen atoms in total. The molecule has 0 aliphatic carbocycles. The van der Waals surface area contributed by atoms with Crippen molar-refractivity contribution < 1.29 is 13.9 Å². The summed E-state index contributed by atoms with van der Waals surface area (Å²) in [7, 11) is 0. The molecule has 28 heavy (non-hydrogen) atoms. The Bertz CT molecular complexity index is 713. The molecule has 1 heterocycles. The van der Waals surface area contributed by atoms with E-state index < -0.39 is 0 Å². The fraction of sp³-hybridized carbons (Fsp3) is 0.435. The SMILES string of the molecule is O=C(CN1CCC(COCc2ccc(F)cc2)CC1)NCCc1ccccc1. The number of rotatable bonds is 9. The van der Waals surface area contributed by atoms with Crippen molar-refractivity contribution in [2.24, 2.45) is 5.92 Å². The molecule has 0 atom stereocenters. The van der Waals surface area contributed by atoms with Crippen LogP contribution in [0.4, 0.5) is 4.39 Å². The molecule has 150 valence electrons. The van der Waals surface area contributed by atoms with Crippen molar-refractivity contribution in [3.63, 3.8) is 0 Å². The summed E-state index contributed by atoms with van der Waals surface area (Å²) in [6.45, 7) is 4.24. The van der Waals surface area contributed by atoms with Crippen LogP contribution in [0.25, 0.3) is 0 Å². The minimum atomic E-state index is -0.222. The normalized spacial score (nSPS) is 15.5. The van der Waals surface area contributed by atoms with Gasteiger partial charge in [-0.05, 0) is 61.5 Å². The number of piperidine rings is 1. The summed E-state index contributed by atoms with van der Waals surface area (Å²) in [6.07, 6.45) is 2.95. The summed E-state index contributed by atoms with van der Waals surface area (Å²) in [5.41, 5.74) is 2.23. The average Bonchev–Trinajstić information content (AvgIpc) is 2.72. The summed E-state index contributed by atoms with van der Waals surface area (Å²) in [6, 6.07) is 16.6. The maximum atomic E-state index is 12.9. The van der Waals surface area contributed by atoms with Crippen LogP contribution in [0.5, 0.6) is 0 Å². The van der Waals surface area contributed by atoms with Gasteiger partial charge in [0.25, 0.3) is 0 Å². The first-order chi connectivity index (χ1) is 13.7. The Morgan fingerprint density at radius 2 is 1.75 bits per heavy atom. The minimum Gasteiger partial charge on any atom is -0.376 e. The van der Waals surface area contributed by atoms with E-state index >= 15 is 0 Å². The van der Waals surface area contributed by atoms with E-state index in [4.69, 9.17) is 4.74 Å². The molecule has 5 heteroatoms. The Hall–Kier alpha value is -2.24. The lowest BCUT2D eigenvalue weighted by Gasteiger charge is -2.31. The van der Waals surface area contributed by atoms with Crippen molar-refractivity contribution in [2.45, 2.75) is 25.9 Å². The number of amides is 1. The number of carbonyl (C=O) groups is 1. The number of nitrogens with zero attached hydrogens (tertiary/aromatic N) is 1. The fourth-order valence-electron chi connectivity index (χ4n) is 3.49. The van der Waals surface area contributed by atoms with Crippen LogP contribution in [-0.2, 0) is 22.6 Å². The van der Waals surface area contributed by atoms with Gasteiger partial charge in [0.15, 0.2) is 0 Å². The van der Waals surface area contributed by atoms with Crippen LogP contribution in [0.1, 0.15) is 24.0 Å². The number of benzene rings is 2. The first kappa shape index (κ1) is 20.5. The molecule has 0 radical (unpaired) electrons. The van der Waals surface area contributed by atoms with E-state index in [1.54, 1.807) is 12.1 Å². The second-order valence-electron chi connectivity index (χ2n) is 7.45. The molecule has 0 aromatic heterocycles. The molecule has 1 fully saturated rings. The van der Waals surface area contributed by atoms with Crippen LogP contribution in [0, 0.1) is 11.7 Å². The predicted molar refractivity (Wildman–Crippen MR) is 108 cm³/mol. The number of carbonyl (C=O) groups excluding carboxylic acids is 1. The standard InChI is InChI=1S/C23H29FN2O2/c24-22-8-6-20(7-9-22)17-28-18-21-11-14-26(15-12-21)16-23(27)25-13-10-19-4-2-1-3-5-19/h1-9,21H,10-18H2,(H,25,27). The van der Waals surface area contributed by atoms with E-state index in [9.17, 15) is 9.18 Å². The molecule has 0 bridgehead atoms. The number of hydrogen-bond acceptors (Lipinski definition) is 3. The number of likely N-dealkylation sites (tertiary alicyclic amines) is 1. The fourth-order valence-corrected chi connectivity index (χ4v) is 3.49. The smallest absolute Gasteiger partial charge is 0.234 e. The van der Waals surface area contributed by atoms with Crippen LogP contribution >= 0.6 is 0 Å². The Morgan fingerprint density at radius 3 is 2.46 bits per heavy atom. The molecule has 2 aromatic carbocycles. The maximum absolute atomic E-state index is 12.9. The molecule has 3 rings (SSSR count). The van der Waals surface area contributed by atoms with Gasteiger partial charge in [-0.15, -0.1) is 0 Å². The van der Waals surface area contributed by atoms with Crippen molar-refractivity contribution in [1.29, 1.82) is 0 Å². The zero-order chi connectivity index (χ0) is 19.6. The first-order valence-electron chi connectivity index (χ1n) is 10.0. The Labute approximate surface area is 166 Å². The Morgan fingerprint density at radius 1 is 1.04 bits per heavy atom. The molecule has 0 spiro atoms. The highest BCUT2D eigenvalue weighted by atomic mass is 19.1. The Balaban J connectivity index is 1.26. The third kappa shape index (κ3) is 7.06. The lowest BCUT2D eigenvalue weighted by molar-refractivity contribution is -0.122. The third-order valence-corrected chi connectivity index (χ3v) is 5.19. The second kappa shape index (κ2) is 10.9. The lowest BCUT2D eigenvalue weighted by Crippen LogP contribution is -2.42. The van der Waals surface area contributed by atoms with Crippen LogP contribution < -0.4 is 5.32 Å². The molecular weight excluding hydrogens is 355 g/mol. The van der Waals surface area contributed by atoms with Crippen LogP contribution in [-0.4, -0.2) is 43.6 Å². The van der Waals surface area contributed by atoms with Crippen LogP contribution in [0.2, 0.25) is 0 Å². The molecule has 0 saturated carbocycles. The van der Waals surface area contributed by atoms with Gasteiger partial charge in [0.05, 0.1) is 13.2 Å². The van der Waals surface area contributed by atoms with Gasteiger partial charge in [-0.2, -0.15) is 0 Å². The van der Waals surface area contributed by atoms with Gasteiger partial charge in [-0.3, -0.25) is 9.69 Å². The van der Waals surface area contributed by atoms with E-state index in [-0.39, 0.29) is 11.7 Å². The quantitative estimate of drug-likeness (QED) is 0.720. The highest BCUT2D eigenvalue weighted by Crippen LogP contribution is 2.18.